The molecule has 0 radical (unpaired) electrons. The zero-order valence-electron chi connectivity index (χ0n) is 11.9. The Morgan fingerprint density at radius 1 is 1.32 bits per heavy atom. The van der Waals surface area contributed by atoms with Crippen molar-refractivity contribution in [3.05, 3.63) is 62.5 Å². The second kappa shape index (κ2) is 5.08. The predicted octanol–water partition coefficient (Wildman–Crippen LogP) is 2.87. The van der Waals surface area contributed by atoms with Crippen LogP contribution >= 0.6 is 11.3 Å². The molecular formula is C17H13N3OS. The molecule has 4 nitrogen and oxygen atoms in total. The van der Waals surface area contributed by atoms with E-state index < -0.39 is 0 Å². The van der Waals surface area contributed by atoms with Gasteiger partial charge in [-0.25, -0.2) is 4.98 Å². The smallest absolute Gasteiger partial charge is 0.262 e. The molecule has 2 aromatic heterocycles. The first-order valence-corrected chi connectivity index (χ1v) is 8.07. The predicted molar refractivity (Wildman–Crippen MR) is 86.2 cm³/mol. The molecule has 108 valence electrons. The van der Waals surface area contributed by atoms with E-state index in [4.69, 9.17) is 0 Å². The Morgan fingerprint density at radius 3 is 3.05 bits per heavy atom. The van der Waals surface area contributed by atoms with Crippen LogP contribution in [0.5, 0.6) is 0 Å². The molecule has 0 saturated carbocycles. The normalized spacial score (nSPS) is 13.2. The molecule has 0 bridgehead atoms. The van der Waals surface area contributed by atoms with Crippen LogP contribution in [0.3, 0.4) is 0 Å². The third kappa shape index (κ3) is 1.96. The van der Waals surface area contributed by atoms with Crippen LogP contribution in [0.1, 0.15) is 28.0 Å². The summed E-state index contributed by atoms with van der Waals surface area (Å²) in [5, 5.41) is 9.97. The maximum absolute atomic E-state index is 12.8. The number of aryl methyl sites for hydroxylation is 2. The molecule has 0 amide bonds. The molecule has 2 heterocycles. The van der Waals surface area contributed by atoms with Gasteiger partial charge in [-0.1, -0.05) is 18.2 Å². The quantitative estimate of drug-likeness (QED) is 0.731. The third-order valence-electron chi connectivity index (χ3n) is 4.17. The van der Waals surface area contributed by atoms with Crippen LogP contribution in [0.15, 0.2) is 35.4 Å². The molecule has 5 heteroatoms. The van der Waals surface area contributed by atoms with E-state index in [1.807, 2.05) is 18.2 Å². The minimum atomic E-state index is 0.0112. The molecule has 3 aromatic rings. The molecule has 0 atom stereocenters. The third-order valence-corrected chi connectivity index (χ3v) is 5.37. The Balaban J connectivity index is 1.85. The van der Waals surface area contributed by atoms with Gasteiger partial charge in [-0.05, 0) is 36.5 Å². The van der Waals surface area contributed by atoms with Crippen molar-refractivity contribution < 1.29 is 0 Å². The number of hydrogen-bond donors (Lipinski definition) is 0. The summed E-state index contributed by atoms with van der Waals surface area (Å²) in [5.74, 6) is 0. The molecule has 0 unspecified atom stereocenters. The lowest BCUT2D eigenvalue weighted by molar-refractivity contribution is 0.747. The number of hydrogen-bond acceptors (Lipinski definition) is 4. The van der Waals surface area contributed by atoms with E-state index in [0.717, 1.165) is 35.0 Å². The average molecular weight is 307 g/mol. The molecule has 0 fully saturated rings. The summed E-state index contributed by atoms with van der Waals surface area (Å²) in [6.45, 7) is 0.385. The summed E-state index contributed by atoms with van der Waals surface area (Å²) in [5.41, 5.74) is 2.66. The van der Waals surface area contributed by atoms with Crippen LogP contribution in [0.4, 0.5) is 0 Å². The van der Waals surface area contributed by atoms with E-state index in [2.05, 4.69) is 11.1 Å². The van der Waals surface area contributed by atoms with E-state index in [0.29, 0.717) is 12.1 Å². The molecule has 1 aliphatic rings. The highest BCUT2D eigenvalue weighted by Crippen LogP contribution is 2.34. The van der Waals surface area contributed by atoms with Crippen molar-refractivity contribution in [2.75, 3.05) is 0 Å². The van der Waals surface area contributed by atoms with E-state index in [9.17, 15) is 10.1 Å². The zero-order chi connectivity index (χ0) is 15.1. The summed E-state index contributed by atoms with van der Waals surface area (Å²) < 4.78 is 1.61. The summed E-state index contributed by atoms with van der Waals surface area (Å²) >= 11 is 1.65. The second-order valence-corrected chi connectivity index (χ2v) is 6.57. The highest BCUT2D eigenvalue weighted by Gasteiger charge is 2.21. The van der Waals surface area contributed by atoms with Gasteiger partial charge in [0.2, 0.25) is 0 Å². The fourth-order valence-electron chi connectivity index (χ4n) is 3.08. The van der Waals surface area contributed by atoms with Gasteiger partial charge in [-0.15, -0.1) is 11.3 Å². The number of benzene rings is 1. The minimum absolute atomic E-state index is 0.0112. The van der Waals surface area contributed by atoms with Crippen molar-refractivity contribution in [3.8, 4) is 6.07 Å². The minimum Gasteiger partial charge on any atom is -0.294 e. The van der Waals surface area contributed by atoms with Gasteiger partial charge in [0.25, 0.3) is 5.56 Å². The first kappa shape index (κ1) is 13.2. The topological polar surface area (TPSA) is 58.7 Å². The number of aromatic nitrogens is 2. The monoisotopic (exact) mass is 307 g/mol. The van der Waals surface area contributed by atoms with Crippen LogP contribution in [0, 0.1) is 11.3 Å². The van der Waals surface area contributed by atoms with Crippen molar-refractivity contribution in [3.63, 3.8) is 0 Å². The van der Waals surface area contributed by atoms with Gasteiger partial charge < -0.3 is 0 Å². The fourth-order valence-corrected chi connectivity index (χ4v) is 4.30. The lowest BCUT2D eigenvalue weighted by Crippen LogP contribution is -2.21. The number of nitrogens with zero attached hydrogens (tertiary/aromatic N) is 3. The van der Waals surface area contributed by atoms with Crippen LogP contribution in [0.2, 0.25) is 0 Å². The summed E-state index contributed by atoms with van der Waals surface area (Å²) in [4.78, 5) is 19.4. The number of fused-ring (bicyclic) bond motifs is 3. The van der Waals surface area contributed by atoms with Crippen molar-refractivity contribution in [1.29, 1.82) is 5.26 Å². The Bertz CT molecular complexity index is 978. The number of nitriles is 1. The molecule has 22 heavy (non-hydrogen) atoms. The summed E-state index contributed by atoms with van der Waals surface area (Å²) in [7, 11) is 0. The average Bonchev–Trinajstić information content (AvgIpc) is 3.11. The van der Waals surface area contributed by atoms with Crippen LogP contribution in [-0.2, 0) is 19.4 Å². The van der Waals surface area contributed by atoms with Crippen LogP contribution in [-0.4, -0.2) is 9.55 Å². The molecular weight excluding hydrogens is 294 g/mol. The Hall–Kier alpha value is -2.45. The van der Waals surface area contributed by atoms with Gasteiger partial charge in [0.1, 0.15) is 4.83 Å². The standard InChI is InChI=1S/C17H13N3OS/c18-8-11-4-1-2-5-12(11)9-20-10-19-16-15(17(20)21)13-6-3-7-14(13)22-16/h1-2,4-5,10H,3,6-7,9H2. The van der Waals surface area contributed by atoms with Crippen molar-refractivity contribution in [2.45, 2.75) is 25.8 Å². The Kier molecular flexibility index (Phi) is 3.05. The van der Waals surface area contributed by atoms with Gasteiger partial charge >= 0.3 is 0 Å². The lowest BCUT2D eigenvalue weighted by atomic mass is 10.1. The molecule has 1 aliphatic carbocycles. The summed E-state index contributed by atoms with van der Waals surface area (Å²) in [6, 6.07) is 9.55. The molecule has 0 spiro atoms. The van der Waals surface area contributed by atoms with Gasteiger partial charge in [0.15, 0.2) is 0 Å². The second-order valence-electron chi connectivity index (χ2n) is 5.48. The van der Waals surface area contributed by atoms with Crippen molar-refractivity contribution in [1.82, 2.24) is 9.55 Å². The van der Waals surface area contributed by atoms with Crippen molar-refractivity contribution >= 4 is 21.6 Å². The van der Waals surface area contributed by atoms with Gasteiger partial charge in [0, 0.05) is 4.88 Å². The Labute approximate surface area is 131 Å². The number of rotatable bonds is 2. The first-order valence-electron chi connectivity index (χ1n) is 7.25. The Morgan fingerprint density at radius 2 is 2.18 bits per heavy atom. The van der Waals surface area contributed by atoms with E-state index >= 15 is 0 Å². The SMILES string of the molecule is N#Cc1ccccc1Cn1cnc2sc3c(c2c1=O)CCC3. The van der Waals surface area contributed by atoms with Crippen molar-refractivity contribution in [2.24, 2.45) is 0 Å². The van der Waals surface area contributed by atoms with Gasteiger partial charge in [-0.3, -0.25) is 9.36 Å². The zero-order valence-corrected chi connectivity index (χ0v) is 12.7. The highest BCUT2D eigenvalue weighted by molar-refractivity contribution is 7.18. The van der Waals surface area contributed by atoms with E-state index in [-0.39, 0.29) is 5.56 Å². The molecule has 1 aromatic carbocycles. The van der Waals surface area contributed by atoms with Crippen LogP contribution in [0.25, 0.3) is 10.2 Å². The maximum Gasteiger partial charge on any atom is 0.262 e. The largest absolute Gasteiger partial charge is 0.294 e. The molecule has 4 rings (SSSR count). The van der Waals surface area contributed by atoms with Gasteiger partial charge in [0.05, 0.1) is 29.9 Å². The first-order chi connectivity index (χ1) is 10.8. The lowest BCUT2D eigenvalue weighted by Gasteiger charge is -2.07. The maximum atomic E-state index is 12.8. The fraction of sp³-hybridized carbons (Fsp3) is 0.235. The van der Waals surface area contributed by atoms with E-state index in [1.165, 1.54) is 10.4 Å². The number of thiophene rings is 1. The molecule has 0 aliphatic heterocycles. The molecule has 0 saturated heterocycles. The van der Waals surface area contributed by atoms with Gasteiger partial charge in [-0.2, -0.15) is 5.26 Å². The molecule has 0 N–H and O–H groups in total. The summed E-state index contributed by atoms with van der Waals surface area (Å²) in [6.07, 6.45) is 4.77. The van der Waals surface area contributed by atoms with Crippen LogP contribution < -0.4 is 5.56 Å². The highest BCUT2D eigenvalue weighted by atomic mass is 32.1. The van der Waals surface area contributed by atoms with E-state index in [1.54, 1.807) is 28.3 Å².